The van der Waals surface area contributed by atoms with Gasteiger partial charge in [0, 0.05) is 44.7 Å². The second kappa shape index (κ2) is 25.7. The van der Waals surface area contributed by atoms with Crippen molar-refractivity contribution < 1.29 is 74.3 Å². The molecule has 0 aromatic rings. The summed E-state index contributed by atoms with van der Waals surface area (Å²) in [4.78, 5) is 51.8. The van der Waals surface area contributed by atoms with E-state index in [2.05, 4.69) is 0 Å². The molecule has 28 heteroatoms. The maximum atomic E-state index is 13.4. The molecule has 4 rings (SSSR count). The molecule has 0 aromatic carbocycles. The Morgan fingerprint density at radius 2 is 0.769 bits per heavy atom. The third-order valence-corrected chi connectivity index (χ3v) is 30.6. The van der Waals surface area contributed by atoms with Crippen molar-refractivity contribution >= 4 is 140 Å². The van der Waals surface area contributed by atoms with Gasteiger partial charge in [-0.1, -0.05) is 101 Å². The van der Waals surface area contributed by atoms with E-state index in [0.29, 0.717) is 65.4 Å². The molecule has 0 N–H and O–H groups in total. The topological polar surface area (TPSA) is 179 Å². The van der Waals surface area contributed by atoms with Crippen LogP contribution in [0.2, 0.25) is 0 Å². The molecule has 2 atom stereocenters. The number of esters is 2. The zero-order valence-corrected chi connectivity index (χ0v) is 48.2. The summed E-state index contributed by atoms with van der Waals surface area (Å²) in [5.74, 6) is -0.497. The van der Waals surface area contributed by atoms with Gasteiger partial charge < -0.3 is 64.7 Å². The van der Waals surface area contributed by atoms with Crippen molar-refractivity contribution in [2.45, 2.75) is 80.4 Å². The lowest BCUT2D eigenvalue weighted by Gasteiger charge is -2.37. The second-order valence-electron chi connectivity index (χ2n) is 19.2. The van der Waals surface area contributed by atoms with Crippen LogP contribution in [0.25, 0.3) is 0 Å². The van der Waals surface area contributed by atoms with Crippen LogP contribution in [0, 0.1) is 27.1 Å². The van der Waals surface area contributed by atoms with E-state index in [-0.39, 0.29) is 83.9 Å². The Bertz CT molecular complexity index is 1660. The van der Waals surface area contributed by atoms with Crippen molar-refractivity contribution in [1.82, 2.24) is 0 Å². The predicted octanol–water partition coefficient (Wildman–Crippen LogP) is 9.13. The van der Waals surface area contributed by atoms with E-state index in [1.807, 2.05) is 55.4 Å². The highest BCUT2D eigenvalue weighted by molar-refractivity contribution is 8.69. The molecule has 376 valence electrons. The van der Waals surface area contributed by atoms with Crippen molar-refractivity contribution in [3.63, 3.8) is 0 Å². The van der Waals surface area contributed by atoms with Gasteiger partial charge in [0.25, 0.3) is 0 Å². The van der Waals surface area contributed by atoms with Crippen LogP contribution in [-0.2, 0) is 122 Å². The van der Waals surface area contributed by atoms with Crippen LogP contribution in [-0.4, -0.2) is 139 Å². The fraction of sp³-hybridized carbons (Fsp3) is 0.892. The normalized spacial score (nSPS) is 24.7. The van der Waals surface area contributed by atoms with Crippen LogP contribution in [0.3, 0.4) is 0 Å². The second-order valence-corrected chi connectivity index (χ2v) is 44.8. The summed E-state index contributed by atoms with van der Waals surface area (Å²) in [5, 5.41) is 0. The fourth-order valence-corrected chi connectivity index (χ4v) is 22.7. The molecule has 0 radical (unpaired) electrons. The molecule has 0 amide bonds. The van der Waals surface area contributed by atoms with Crippen molar-refractivity contribution in [3.8, 4) is 0 Å². The Kier molecular flexibility index (Phi) is 23.5. The van der Waals surface area contributed by atoms with Crippen LogP contribution in [0.15, 0.2) is 0 Å². The molecule has 16 nitrogen and oxygen atoms in total. The number of hydrogen-bond donors (Lipinski definition) is 0. The molecule has 0 saturated carbocycles. The first-order valence-electron chi connectivity index (χ1n) is 20.7. The maximum Gasteiger partial charge on any atom is 0.306 e. The van der Waals surface area contributed by atoms with Crippen LogP contribution in [0.4, 0.5) is 0 Å². The molecule has 4 aliphatic heterocycles. The Morgan fingerprint density at radius 1 is 0.508 bits per heavy atom. The summed E-state index contributed by atoms with van der Waals surface area (Å²) in [6, 6.07) is 0. The summed E-state index contributed by atoms with van der Waals surface area (Å²) in [6.07, 6.45) is -0.923. The van der Waals surface area contributed by atoms with E-state index >= 15 is 0 Å². The number of carbonyl (C=O) groups excluding carboxylic acids is 4. The summed E-state index contributed by atoms with van der Waals surface area (Å²) >= 11 is 27.6. The van der Waals surface area contributed by atoms with Gasteiger partial charge in [0.2, 0.25) is 22.8 Å². The van der Waals surface area contributed by atoms with Crippen LogP contribution < -0.4 is 0 Å². The van der Waals surface area contributed by atoms with E-state index in [9.17, 15) is 19.2 Å². The zero-order valence-electron chi connectivity index (χ0n) is 38.1. The fourth-order valence-electron chi connectivity index (χ4n) is 5.14. The van der Waals surface area contributed by atoms with Gasteiger partial charge in [0.1, 0.15) is 38.0 Å². The molecule has 0 aliphatic carbocycles. The molecule has 4 saturated heterocycles. The van der Waals surface area contributed by atoms with Gasteiger partial charge in [0.15, 0.2) is 0 Å². The van der Waals surface area contributed by atoms with E-state index in [0.717, 1.165) is 0 Å². The van der Waals surface area contributed by atoms with Crippen LogP contribution in [0.1, 0.15) is 68.2 Å². The Hall–Kier alpha value is 1.88. The van der Waals surface area contributed by atoms with E-state index in [4.69, 9.17) is 102 Å². The number of aldehydes is 2. The molecule has 4 aliphatic rings. The number of hydrogen-bond acceptors (Lipinski definition) is 24. The SMILES string of the molecule is CC1(C)COP(=S)(SCCC(=O)OCC(COC(=O)CCSP2(=S)OCC(C)(C)CO2)(COC(C=O)CSP2(=S)OCC(C)(C)CO2)COC(C=O)CSP2(=S)OCC(C)(C)CO2)OC1. The molecule has 0 aromatic heterocycles. The highest BCUT2D eigenvalue weighted by Gasteiger charge is 2.41. The summed E-state index contributed by atoms with van der Waals surface area (Å²) in [7, 11) is 0. The average molecular weight is 1150 g/mol. The van der Waals surface area contributed by atoms with Gasteiger partial charge in [-0.25, -0.2) is 0 Å². The first-order valence-corrected chi connectivity index (χ1v) is 37.6. The Labute approximate surface area is 421 Å². The van der Waals surface area contributed by atoms with Crippen molar-refractivity contribution in [3.05, 3.63) is 0 Å². The van der Waals surface area contributed by atoms with Gasteiger partial charge in [-0.2, -0.15) is 0 Å². The monoisotopic (exact) mass is 1140 g/mol. The average Bonchev–Trinajstić information content (AvgIpc) is 3.24. The van der Waals surface area contributed by atoms with E-state index in [1.54, 1.807) is 0 Å². The molecule has 4 fully saturated rings. The lowest BCUT2D eigenvalue weighted by Crippen LogP contribution is -2.45. The van der Waals surface area contributed by atoms with Gasteiger partial charge in [0.05, 0.1) is 84.3 Å². The molecular formula is C37H64O16P4S8. The lowest BCUT2D eigenvalue weighted by atomic mass is 9.92. The number of carbonyl (C=O) groups is 4. The summed E-state index contributed by atoms with van der Waals surface area (Å²) in [5.41, 5.74) is -13.0. The van der Waals surface area contributed by atoms with Crippen molar-refractivity contribution in [1.29, 1.82) is 0 Å². The largest absolute Gasteiger partial charge is 0.465 e. The highest BCUT2D eigenvalue weighted by atomic mass is 32.9. The zero-order chi connectivity index (χ0) is 48.3. The number of ether oxygens (including phenoxy) is 4. The molecule has 4 heterocycles. The standard InChI is InChI=1S/C37H64O16P4S8/c1-33(2)17-46-54(58,47-18-33)62-11-9-31(40)44-27-37(25-42-29(13-38)15-64-56(60)50-21-35(5,6)22-51-56,26-43-30(14-39)16-65-57(61)52-23-36(7,8)24-53-57)28-45-32(41)10-12-63-55(59)48-19-34(3,4)20-49-55/h13-14,29-30H,9-12,15-28H2,1-8H3. The third-order valence-electron chi connectivity index (χ3n) is 9.40. The first-order chi connectivity index (χ1) is 30.1. The van der Waals surface area contributed by atoms with Crippen molar-refractivity contribution in [2.75, 3.05) is 102 Å². The molecular weight excluding hydrogens is 1080 g/mol. The van der Waals surface area contributed by atoms with Gasteiger partial charge in [-0.05, 0) is 47.2 Å². The van der Waals surface area contributed by atoms with Gasteiger partial charge >= 0.3 is 11.9 Å². The van der Waals surface area contributed by atoms with Gasteiger partial charge in [-0.15, -0.1) is 0 Å². The molecule has 2 unspecified atom stereocenters. The lowest BCUT2D eigenvalue weighted by molar-refractivity contribution is -0.167. The minimum absolute atomic E-state index is 0.0503. The maximum absolute atomic E-state index is 13.4. The van der Waals surface area contributed by atoms with E-state index in [1.165, 1.54) is 45.5 Å². The number of rotatable bonds is 26. The minimum atomic E-state index is -2.77. The quantitative estimate of drug-likeness (QED) is 0.0454. The van der Waals surface area contributed by atoms with Crippen molar-refractivity contribution in [2.24, 2.45) is 27.1 Å². The molecule has 0 bridgehead atoms. The van der Waals surface area contributed by atoms with E-state index < -0.39 is 52.3 Å². The Balaban J connectivity index is 1.49. The van der Waals surface area contributed by atoms with Crippen LogP contribution in [0.5, 0.6) is 0 Å². The summed E-state index contributed by atoms with van der Waals surface area (Å²) < 4.78 is 71.5. The summed E-state index contributed by atoms with van der Waals surface area (Å²) in [6.45, 7) is 18.1. The highest BCUT2D eigenvalue weighted by Crippen LogP contribution is 2.67. The minimum Gasteiger partial charge on any atom is -0.465 e. The molecule has 65 heavy (non-hydrogen) atoms. The van der Waals surface area contributed by atoms with Crippen LogP contribution >= 0.6 is 68.3 Å². The molecule has 0 spiro atoms. The first kappa shape index (κ1) is 59.4. The Morgan fingerprint density at radius 3 is 1.03 bits per heavy atom. The van der Waals surface area contributed by atoms with Gasteiger partial charge in [-0.3, -0.25) is 9.59 Å². The smallest absolute Gasteiger partial charge is 0.306 e. The predicted molar refractivity (Wildman–Crippen MR) is 275 cm³/mol. The third kappa shape index (κ3) is 21.5.